The molecule has 108 valence electrons. The molecular weight excluding hydrogens is 257 g/mol. The Hall–Kier alpha value is -1.11. The number of aromatic nitrogens is 3. The molecule has 19 heavy (non-hydrogen) atoms. The zero-order valence-electron chi connectivity index (χ0n) is 10.9. The number of nitrogens with zero attached hydrogens (tertiary/aromatic N) is 3. The van der Waals surface area contributed by atoms with Crippen molar-refractivity contribution in [3.63, 3.8) is 0 Å². The van der Waals surface area contributed by atoms with E-state index in [0.717, 1.165) is 12.2 Å². The van der Waals surface area contributed by atoms with Gasteiger partial charge in [-0.1, -0.05) is 6.42 Å². The second-order valence-corrected chi connectivity index (χ2v) is 5.33. The van der Waals surface area contributed by atoms with Gasteiger partial charge in [-0.25, -0.2) is 4.98 Å². The van der Waals surface area contributed by atoms with Crippen molar-refractivity contribution in [2.75, 3.05) is 0 Å². The van der Waals surface area contributed by atoms with E-state index in [-0.39, 0.29) is 24.8 Å². The lowest BCUT2D eigenvalue weighted by Gasteiger charge is -2.33. The topological polar surface area (TPSA) is 56.7 Å². The van der Waals surface area contributed by atoms with Gasteiger partial charge in [-0.3, -0.25) is 4.68 Å². The molecule has 4 nitrogen and oxygen atoms in total. The number of alkyl halides is 3. The van der Waals surface area contributed by atoms with Crippen LogP contribution in [0.5, 0.6) is 0 Å². The van der Waals surface area contributed by atoms with Crippen molar-refractivity contribution >= 4 is 0 Å². The molecule has 0 bridgehead atoms. The summed E-state index contributed by atoms with van der Waals surface area (Å²) in [6.45, 7) is 0. The second kappa shape index (κ2) is 5.48. The summed E-state index contributed by atoms with van der Waals surface area (Å²) in [5.41, 5.74) is 6.07. The van der Waals surface area contributed by atoms with E-state index in [1.165, 1.54) is 6.33 Å². The van der Waals surface area contributed by atoms with Gasteiger partial charge in [-0.2, -0.15) is 18.3 Å². The molecule has 1 aliphatic rings. The van der Waals surface area contributed by atoms with E-state index < -0.39 is 12.1 Å². The molecule has 1 fully saturated rings. The van der Waals surface area contributed by atoms with Crippen LogP contribution in [0.4, 0.5) is 13.2 Å². The van der Waals surface area contributed by atoms with Crippen LogP contribution in [0.15, 0.2) is 6.33 Å². The summed E-state index contributed by atoms with van der Waals surface area (Å²) in [6, 6.07) is -0.284. The Bertz CT molecular complexity index is 415. The van der Waals surface area contributed by atoms with Crippen LogP contribution in [-0.2, 0) is 13.5 Å². The van der Waals surface area contributed by atoms with Crippen LogP contribution in [0, 0.1) is 11.8 Å². The lowest BCUT2D eigenvalue weighted by atomic mass is 9.77. The first-order valence-corrected chi connectivity index (χ1v) is 6.53. The summed E-state index contributed by atoms with van der Waals surface area (Å²) in [4.78, 5) is 4.07. The third kappa shape index (κ3) is 3.46. The lowest BCUT2D eigenvalue weighted by molar-refractivity contribution is -0.186. The molecule has 0 aliphatic heterocycles. The van der Waals surface area contributed by atoms with E-state index in [9.17, 15) is 13.2 Å². The number of nitrogens with two attached hydrogens (primary N) is 1. The molecule has 3 atom stereocenters. The number of rotatable bonds is 3. The molecular formula is C12H19F3N4. The van der Waals surface area contributed by atoms with Gasteiger partial charge in [-0.15, -0.1) is 0 Å². The molecule has 2 N–H and O–H groups in total. The summed E-state index contributed by atoms with van der Waals surface area (Å²) < 4.78 is 39.9. The summed E-state index contributed by atoms with van der Waals surface area (Å²) >= 11 is 0. The van der Waals surface area contributed by atoms with Gasteiger partial charge in [0.2, 0.25) is 0 Å². The first-order chi connectivity index (χ1) is 8.88. The minimum atomic E-state index is -4.09. The summed E-state index contributed by atoms with van der Waals surface area (Å²) in [7, 11) is 1.76. The number of aryl methyl sites for hydroxylation is 1. The Morgan fingerprint density at radius 3 is 2.79 bits per heavy atom. The van der Waals surface area contributed by atoms with Crippen LogP contribution in [-0.4, -0.2) is 27.0 Å². The van der Waals surface area contributed by atoms with E-state index in [1.54, 1.807) is 11.7 Å². The van der Waals surface area contributed by atoms with E-state index >= 15 is 0 Å². The van der Waals surface area contributed by atoms with E-state index in [1.807, 2.05) is 0 Å². The molecule has 1 saturated carbocycles. The summed E-state index contributed by atoms with van der Waals surface area (Å²) in [5, 5.41) is 3.94. The van der Waals surface area contributed by atoms with Crippen molar-refractivity contribution in [3.05, 3.63) is 12.2 Å². The highest BCUT2D eigenvalue weighted by Gasteiger charge is 2.43. The predicted molar refractivity (Wildman–Crippen MR) is 64.2 cm³/mol. The van der Waals surface area contributed by atoms with Crippen molar-refractivity contribution in [1.82, 2.24) is 14.8 Å². The van der Waals surface area contributed by atoms with Crippen LogP contribution >= 0.6 is 0 Å². The molecule has 0 aromatic carbocycles. The fraction of sp³-hybridized carbons (Fsp3) is 0.833. The van der Waals surface area contributed by atoms with Crippen molar-refractivity contribution in [2.24, 2.45) is 24.6 Å². The van der Waals surface area contributed by atoms with Crippen molar-refractivity contribution in [3.8, 4) is 0 Å². The van der Waals surface area contributed by atoms with E-state index in [4.69, 9.17) is 5.73 Å². The Balaban J connectivity index is 1.96. The molecule has 1 aromatic heterocycles. The monoisotopic (exact) mass is 276 g/mol. The number of hydrogen-bond acceptors (Lipinski definition) is 3. The first-order valence-electron chi connectivity index (χ1n) is 6.53. The fourth-order valence-corrected chi connectivity index (χ4v) is 2.80. The average Bonchev–Trinajstić information content (AvgIpc) is 2.74. The molecule has 2 rings (SSSR count). The smallest absolute Gasteiger partial charge is 0.327 e. The molecule has 1 heterocycles. The summed E-state index contributed by atoms with van der Waals surface area (Å²) in [6.07, 6.45) is -0.442. The maximum Gasteiger partial charge on any atom is 0.391 e. The molecule has 1 aliphatic carbocycles. The predicted octanol–water partition coefficient (Wildman–Crippen LogP) is 2.05. The average molecular weight is 276 g/mol. The van der Waals surface area contributed by atoms with Gasteiger partial charge in [0.05, 0.1) is 5.92 Å². The van der Waals surface area contributed by atoms with Gasteiger partial charge in [-0.05, 0) is 25.2 Å². The normalized spacial score (nSPS) is 26.4. The highest BCUT2D eigenvalue weighted by Crippen LogP contribution is 2.40. The molecule has 0 saturated heterocycles. The van der Waals surface area contributed by atoms with Gasteiger partial charge < -0.3 is 5.73 Å². The quantitative estimate of drug-likeness (QED) is 0.919. The largest absolute Gasteiger partial charge is 0.391 e. The third-order valence-electron chi connectivity index (χ3n) is 4.01. The Morgan fingerprint density at radius 1 is 1.47 bits per heavy atom. The fourth-order valence-electron chi connectivity index (χ4n) is 2.80. The van der Waals surface area contributed by atoms with E-state index in [2.05, 4.69) is 10.1 Å². The third-order valence-corrected chi connectivity index (χ3v) is 4.01. The zero-order chi connectivity index (χ0) is 14.0. The van der Waals surface area contributed by atoms with Crippen LogP contribution in [0.1, 0.15) is 31.5 Å². The van der Waals surface area contributed by atoms with Gasteiger partial charge in [0, 0.05) is 19.5 Å². The van der Waals surface area contributed by atoms with Crippen LogP contribution < -0.4 is 5.73 Å². The minimum Gasteiger partial charge on any atom is -0.327 e. The van der Waals surface area contributed by atoms with Crippen molar-refractivity contribution < 1.29 is 13.2 Å². The second-order valence-electron chi connectivity index (χ2n) is 5.33. The van der Waals surface area contributed by atoms with Gasteiger partial charge >= 0.3 is 6.18 Å². The Labute approximate surface area is 110 Å². The van der Waals surface area contributed by atoms with E-state index in [0.29, 0.717) is 12.8 Å². The van der Waals surface area contributed by atoms with Crippen LogP contribution in [0.3, 0.4) is 0 Å². The number of hydrogen-bond donors (Lipinski definition) is 1. The van der Waals surface area contributed by atoms with Gasteiger partial charge in [0.1, 0.15) is 12.2 Å². The summed E-state index contributed by atoms with van der Waals surface area (Å²) in [5.74, 6) is -0.560. The number of halogens is 3. The van der Waals surface area contributed by atoms with Gasteiger partial charge in [0.15, 0.2) is 0 Å². The Kier molecular flexibility index (Phi) is 4.13. The van der Waals surface area contributed by atoms with Crippen molar-refractivity contribution in [2.45, 2.75) is 44.3 Å². The van der Waals surface area contributed by atoms with Crippen LogP contribution in [0.25, 0.3) is 0 Å². The van der Waals surface area contributed by atoms with Crippen molar-refractivity contribution in [1.29, 1.82) is 0 Å². The molecule has 7 heteroatoms. The molecule has 0 radical (unpaired) electrons. The highest BCUT2D eigenvalue weighted by molar-refractivity contribution is 4.92. The highest BCUT2D eigenvalue weighted by atomic mass is 19.4. The molecule has 3 unspecified atom stereocenters. The minimum absolute atomic E-state index is 0.0860. The maximum absolute atomic E-state index is 12.8. The first kappa shape index (κ1) is 14.3. The SMILES string of the molecule is Cn1ncnc1CC(N)C1CCCC(C(F)(F)F)C1. The molecule has 0 spiro atoms. The Morgan fingerprint density at radius 2 is 2.21 bits per heavy atom. The maximum atomic E-state index is 12.8. The van der Waals surface area contributed by atoms with Crippen LogP contribution in [0.2, 0.25) is 0 Å². The lowest BCUT2D eigenvalue weighted by Crippen LogP contribution is -2.39. The molecule has 1 aromatic rings. The molecule has 0 amide bonds. The van der Waals surface area contributed by atoms with Gasteiger partial charge in [0.25, 0.3) is 0 Å². The standard InChI is InChI=1S/C12H19F3N4/c1-19-11(17-7-18-19)6-10(16)8-3-2-4-9(5-8)12(13,14)15/h7-10H,2-6,16H2,1H3. The zero-order valence-corrected chi connectivity index (χ0v) is 10.9.